The topological polar surface area (TPSA) is 69.6 Å². The Morgan fingerprint density at radius 1 is 1.35 bits per heavy atom. The van der Waals surface area contributed by atoms with Crippen LogP contribution >= 0.6 is 11.8 Å². The van der Waals surface area contributed by atoms with Crippen LogP contribution in [0.3, 0.4) is 0 Å². The number of aliphatic carboxylic acids is 1. The van der Waals surface area contributed by atoms with Crippen molar-refractivity contribution in [3.63, 3.8) is 0 Å². The fourth-order valence-electron chi connectivity index (χ4n) is 2.19. The lowest BCUT2D eigenvalue weighted by molar-refractivity contribution is -0.138. The Bertz CT molecular complexity index is 467. The second-order valence-electron chi connectivity index (χ2n) is 4.71. The number of hydrogen-bond donors (Lipinski definition) is 2. The zero-order valence-electron chi connectivity index (χ0n) is 11.1. The number of anilines is 1. The zero-order valence-corrected chi connectivity index (χ0v) is 11.9. The van der Waals surface area contributed by atoms with Gasteiger partial charge in [0.15, 0.2) is 0 Å². The maximum atomic E-state index is 12.0. The Balaban J connectivity index is 1.89. The monoisotopic (exact) mass is 294 g/mol. The van der Waals surface area contributed by atoms with Crippen LogP contribution < -0.4 is 5.32 Å². The molecule has 1 fully saturated rings. The third kappa shape index (κ3) is 4.54. The minimum Gasteiger partial charge on any atom is -0.481 e. The molecule has 20 heavy (non-hydrogen) atoms. The van der Waals surface area contributed by atoms with Crippen LogP contribution in [0.5, 0.6) is 0 Å². The number of hydrogen-bond acceptors (Lipinski definition) is 4. The first-order chi connectivity index (χ1) is 9.65. The third-order valence-corrected chi connectivity index (χ3v) is 4.26. The second-order valence-corrected chi connectivity index (χ2v) is 5.86. The third-order valence-electron chi connectivity index (χ3n) is 3.16. The van der Waals surface area contributed by atoms with Crippen LogP contribution in [0.2, 0.25) is 0 Å². The molecule has 1 aliphatic heterocycles. The van der Waals surface area contributed by atoms with Gasteiger partial charge in [-0.25, -0.2) is 0 Å². The van der Waals surface area contributed by atoms with Gasteiger partial charge in [0, 0.05) is 29.8 Å². The Morgan fingerprint density at radius 3 is 2.80 bits per heavy atom. The Morgan fingerprint density at radius 2 is 2.10 bits per heavy atom. The number of nitrogens with zero attached hydrogens (tertiary/aromatic N) is 1. The molecule has 6 heteroatoms. The van der Waals surface area contributed by atoms with Crippen LogP contribution in [-0.4, -0.2) is 52.5 Å². The van der Waals surface area contributed by atoms with E-state index in [0.29, 0.717) is 0 Å². The van der Waals surface area contributed by atoms with Gasteiger partial charge in [0.05, 0.1) is 13.0 Å². The number of benzene rings is 1. The number of nitrogens with one attached hydrogen (secondary N) is 1. The van der Waals surface area contributed by atoms with E-state index in [-0.39, 0.29) is 24.9 Å². The lowest BCUT2D eigenvalue weighted by Gasteiger charge is -2.33. The van der Waals surface area contributed by atoms with Gasteiger partial charge in [-0.3, -0.25) is 14.5 Å². The van der Waals surface area contributed by atoms with Crippen LogP contribution in [0, 0.1) is 0 Å². The molecule has 0 spiro atoms. The number of thioether (sulfide) groups is 1. The van der Waals surface area contributed by atoms with Crippen LogP contribution in [0.1, 0.15) is 6.42 Å². The smallest absolute Gasteiger partial charge is 0.304 e. The van der Waals surface area contributed by atoms with Crippen molar-refractivity contribution in [2.75, 3.05) is 29.9 Å². The van der Waals surface area contributed by atoms with Crippen molar-refractivity contribution in [2.45, 2.75) is 12.5 Å². The number of carbonyl (C=O) groups is 2. The van der Waals surface area contributed by atoms with Crippen molar-refractivity contribution >= 4 is 29.3 Å². The molecule has 0 aromatic heterocycles. The van der Waals surface area contributed by atoms with Gasteiger partial charge in [-0.05, 0) is 12.1 Å². The van der Waals surface area contributed by atoms with Crippen molar-refractivity contribution in [3.05, 3.63) is 30.3 Å². The SMILES string of the molecule is O=C(O)CC1CSCCN1CC(=O)Nc1ccccc1. The normalized spacial score (nSPS) is 19.5. The Hall–Kier alpha value is -1.53. The lowest BCUT2D eigenvalue weighted by Crippen LogP contribution is -2.47. The molecule has 1 aromatic carbocycles. The maximum Gasteiger partial charge on any atom is 0.304 e. The van der Waals surface area contributed by atoms with Gasteiger partial charge < -0.3 is 10.4 Å². The molecule has 1 saturated heterocycles. The average molecular weight is 294 g/mol. The molecule has 2 N–H and O–H groups in total. The van der Waals surface area contributed by atoms with E-state index in [4.69, 9.17) is 5.11 Å². The molecule has 1 aliphatic rings. The van der Waals surface area contributed by atoms with E-state index in [1.807, 2.05) is 35.2 Å². The summed E-state index contributed by atoms with van der Waals surface area (Å²) in [5.41, 5.74) is 0.763. The summed E-state index contributed by atoms with van der Waals surface area (Å²) in [6, 6.07) is 9.21. The average Bonchev–Trinajstić information content (AvgIpc) is 2.41. The first kappa shape index (κ1) is 14.9. The number of para-hydroxylation sites is 1. The number of rotatable bonds is 5. The Kier molecular flexibility index (Phi) is 5.43. The summed E-state index contributed by atoms with van der Waals surface area (Å²) in [4.78, 5) is 24.8. The van der Waals surface area contributed by atoms with E-state index in [1.165, 1.54) is 0 Å². The fraction of sp³-hybridized carbons (Fsp3) is 0.429. The summed E-state index contributed by atoms with van der Waals surface area (Å²) in [5, 5.41) is 11.7. The highest BCUT2D eigenvalue weighted by molar-refractivity contribution is 7.99. The molecule has 1 heterocycles. The molecule has 0 radical (unpaired) electrons. The van der Waals surface area contributed by atoms with E-state index >= 15 is 0 Å². The van der Waals surface area contributed by atoms with Crippen LogP contribution in [0.15, 0.2) is 30.3 Å². The van der Waals surface area contributed by atoms with Gasteiger partial charge in [-0.15, -0.1) is 0 Å². The van der Waals surface area contributed by atoms with Crippen molar-refractivity contribution in [2.24, 2.45) is 0 Å². The Labute approximate surface area is 122 Å². The van der Waals surface area contributed by atoms with Gasteiger partial charge in [0.25, 0.3) is 0 Å². The zero-order chi connectivity index (χ0) is 14.4. The maximum absolute atomic E-state index is 12.0. The van der Waals surface area contributed by atoms with Crippen molar-refractivity contribution < 1.29 is 14.7 Å². The molecule has 0 aliphatic carbocycles. The molecule has 108 valence electrons. The highest BCUT2D eigenvalue weighted by Gasteiger charge is 2.26. The molecule has 1 unspecified atom stereocenters. The van der Waals surface area contributed by atoms with E-state index in [9.17, 15) is 9.59 Å². The minimum absolute atomic E-state index is 0.0622. The van der Waals surface area contributed by atoms with Crippen LogP contribution in [0.4, 0.5) is 5.69 Å². The van der Waals surface area contributed by atoms with Gasteiger partial charge in [-0.2, -0.15) is 11.8 Å². The number of amides is 1. The van der Waals surface area contributed by atoms with Crippen LogP contribution in [0.25, 0.3) is 0 Å². The van der Waals surface area contributed by atoms with E-state index in [0.717, 1.165) is 23.7 Å². The number of carboxylic acids is 1. The van der Waals surface area contributed by atoms with Crippen molar-refractivity contribution in [1.82, 2.24) is 4.90 Å². The van der Waals surface area contributed by atoms with Gasteiger partial charge >= 0.3 is 5.97 Å². The fourth-order valence-corrected chi connectivity index (χ4v) is 3.32. The molecule has 2 rings (SSSR count). The van der Waals surface area contributed by atoms with Gasteiger partial charge in [0.2, 0.25) is 5.91 Å². The summed E-state index contributed by atoms with van der Waals surface area (Å²) < 4.78 is 0. The number of carbonyl (C=O) groups excluding carboxylic acids is 1. The van der Waals surface area contributed by atoms with Crippen molar-refractivity contribution in [1.29, 1.82) is 0 Å². The molecule has 1 amide bonds. The summed E-state index contributed by atoms with van der Waals surface area (Å²) in [6.07, 6.45) is 0.0889. The van der Waals surface area contributed by atoms with Crippen molar-refractivity contribution in [3.8, 4) is 0 Å². The number of carboxylic acid groups (broad SMARTS) is 1. The molecule has 0 bridgehead atoms. The molecular weight excluding hydrogens is 276 g/mol. The van der Waals surface area contributed by atoms with Crippen LogP contribution in [-0.2, 0) is 9.59 Å². The van der Waals surface area contributed by atoms with Gasteiger partial charge in [0.1, 0.15) is 0 Å². The summed E-state index contributed by atoms with van der Waals surface area (Å²) in [6.45, 7) is 0.998. The van der Waals surface area contributed by atoms with E-state index < -0.39 is 5.97 Å². The highest BCUT2D eigenvalue weighted by atomic mass is 32.2. The molecule has 1 atom stereocenters. The minimum atomic E-state index is -0.814. The molecule has 5 nitrogen and oxygen atoms in total. The quantitative estimate of drug-likeness (QED) is 0.861. The largest absolute Gasteiger partial charge is 0.481 e. The predicted molar refractivity (Wildman–Crippen MR) is 80.0 cm³/mol. The summed E-state index contributed by atoms with van der Waals surface area (Å²) in [5.74, 6) is 0.795. The molecule has 1 aromatic rings. The van der Waals surface area contributed by atoms with Gasteiger partial charge in [-0.1, -0.05) is 18.2 Å². The first-order valence-corrected chi connectivity index (χ1v) is 7.69. The summed E-state index contributed by atoms with van der Waals surface area (Å²) in [7, 11) is 0. The standard InChI is InChI=1S/C14H18N2O3S/c17-13(15-11-4-2-1-3-5-11)9-16-6-7-20-10-12(16)8-14(18)19/h1-5,12H,6-10H2,(H,15,17)(H,18,19). The van der Waals surface area contributed by atoms with E-state index in [2.05, 4.69) is 5.32 Å². The second kappa shape index (κ2) is 7.31. The highest BCUT2D eigenvalue weighted by Crippen LogP contribution is 2.19. The first-order valence-electron chi connectivity index (χ1n) is 6.53. The predicted octanol–water partition coefficient (Wildman–Crippen LogP) is 1.52. The molecular formula is C14H18N2O3S. The molecule has 0 saturated carbocycles. The summed E-state index contributed by atoms with van der Waals surface area (Å²) >= 11 is 1.74. The van der Waals surface area contributed by atoms with E-state index in [1.54, 1.807) is 11.8 Å². The lowest BCUT2D eigenvalue weighted by atomic mass is 10.2.